The zero-order chi connectivity index (χ0) is 17.5. The molecule has 0 heterocycles. The number of carboxylic acids is 1. The first-order valence-corrected chi connectivity index (χ1v) is 7.94. The normalized spacial score (nSPS) is 20.0. The van der Waals surface area contributed by atoms with E-state index in [9.17, 15) is 14.4 Å². The van der Waals surface area contributed by atoms with Gasteiger partial charge in [0.1, 0.15) is 6.54 Å². The molecule has 24 heavy (non-hydrogen) atoms. The largest absolute Gasteiger partial charge is 0.481 e. The van der Waals surface area contributed by atoms with Crippen LogP contribution in [0.1, 0.15) is 36.0 Å². The third-order valence-electron chi connectivity index (χ3n) is 4.22. The van der Waals surface area contributed by atoms with E-state index < -0.39 is 11.9 Å². The Morgan fingerprint density at radius 3 is 2.29 bits per heavy atom. The van der Waals surface area contributed by atoms with Gasteiger partial charge in [-0.2, -0.15) is 0 Å². The van der Waals surface area contributed by atoms with Crippen molar-refractivity contribution in [3.63, 3.8) is 0 Å². The van der Waals surface area contributed by atoms with Crippen molar-refractivity contribution in [2.75, 3.05) is 19.0 Å². The van der Waals surface area contributed by atoms with E-state index in [1.807, 2.05) is 0 Å². The van der Waals surface area contributed by atoms with Crippen LogP contribution in [0.25, 0.3) is 0 Å². The number of carbonyl (C=O) groups excluding carboxylic acids is 2. The Morgan fingerprint density at radius 2 is 1.75 bits per heavy atom. The third-order valence-corrected chi connectivity index (χ3v) is 4.22. The van der Waals surface area contributed by atoms with Gasteiger partial charge in [0.05, 0.1) is 13.0 Å². The predicted molar refractivity (Wildman–Crippen MR) is 87.8 cm³/mol. The Bertz CT molecular complexity index is 592. The van der Waals surface area contributed by atoms with Crippen LogP contribution in [0.5, 0.6) is 0 Å². The van der Waals surface area contributed by atoms with Gasteiger partial charge in [0.15, 0.2) is 0 Å². The quantitative estimate of drug-likeness (QED) is 0.683. The minimum Gasteiger partial charge on any atom is -0.481 e. The first-order valence-electron chi connectivity index (χ1n) is 7.94. The first kappa shape index (κ1) is 17.8. The fourth-order valence-corrected chi connectivity index (χ4v) is 2.76. The maximum Gasteiger partial charge on any atom is 0.325 e. The van der Waals surface area contributed by atoms with Crippen molar-refractivity contribution in [2.24, 2.45) is 5.92 Å². The molecule has 1 fully saturated rings. The van der Waals surface area contributed by atoms with Gasteiger partial charge in [0, 0.05) is 17.3 Å². The number of hydrogen-bond acceptors (Lipinski definition) is 5. The molecule has 1 amide bonds. The van der Waals surface area contributed by atoms with Crippen LogP contribution >= 0.6 is 0 Å². The SMILES string of the molecule is COC(=O)CNC(=O)c1ccc(NC2CCC(C(=O)O)CC2)cc1. The van der Waals surface area contributed by atoms with E-state index >= 15 is 0 Å². The molecule has 0 radical (unpaired) electrons. The van der Waals surface area contributed by atoms with Gasteiger partial charge in [-0.15, -0.1) is 0 Å². The molecule has 1 aromatic carbocycles. The topological polar surface area (TPSA) is 105 Å². The smallest absolute Gasteiger partial charge is 0.325 e. The molecule has 0 saturated heterocycles. The molecule has 0 atom stereocenters. The van der Waals surface area contributed by atoms with E-state index in [1.165, 1.54) is 7.11 Å². The summed E-state index contributed by atoms with van der Waals surface area (Å²) >= 11 is 0. The Kier molecular flexibility index (Phi) is 6.17. The first-order chi connectivity index (χ1) is 11.5. The molecule has 0 bridgehead atoms. The van der Waals surface area contributed by atoms with E-state index in [1.54, 1.807) is 24.3 Å². The molecular weight excluding hydrogens is 312 g/mol. The number of benzene rings is 1. The summed E-state index contributed by atoms with van der Waals surface area (Å²) in [5, 5.41) is 14.8. The zero-order valence-corrected chi connectivity index (χ0v) is 13.6. The third kappa shape index (κ3) is 4.97. The molecule has 7 heteroatoms. The summed E-state index contributed by atoms with van der Waals surface area (Å²) in [6.45, 7) is -0.165. The van der Waals surface area contributed by atoms with E-state index in [0.29, 0.717) is 18.4 Å². The van der Waals surface area contributed by atoms with Crippen molar-refractivity contribution in [1.29, 1.82) is 0 Å². The number of carboxylic acid groups (broad SMARTS) is 1. The number of aliphatic carboxylic acids is 1. The molecule has 130 valence electrons. The second kappa shape index (κ2) is 8.33. The van der Waals surface area contributed by atoms with E-state index in [0.717, 1.165) is 18.5 Å². The average molecular weight is 334 g/mol. The van der Waals surface area contributed by atoms with Crippen molar-refractivity contribution in [3.05, 3.63) is 29.8 Å². The molecule has 2 rings (SSSR count). The molecule has 1 aliphatic carbocycles. The number of nitrogens with one attached hydrogen (secondary N) is 2. The molecular formula is C17H22N2O5. The van der Waals surface area contributed by atoms with Gasteiger partial charge in [0.25, 0.3) is 5.91 Å². The maximum absolute atomic E-state index is 11.9. The summed E-state index contributed by atoms with van der Waals surface area (Å²) in [6.07, 6.45) is 3.00. The second-order valence-electron chi connectivity index (χ2n) is 5.87. The lowest BCUT2D eigenvalue weighted by Crippen LogP contribution is -2.30. The van der Waals surface area contributed by atoms with Crippen LogP contribution in [0, 0.1) is 5.92 Å². The molecule has 0 aliphatic heterocycles. The van der Waals surface area contributed by atoms with Crippen molar-refractivity contribution < 1.29 is 24.2 Å². The molecule has 1 aromatic rings. The van der Waals surface area contributed by atoms with Gasteiger partial charge in [-0.05, 0) is 49.9 Å². The van der Waals surface area contributed by atoms with Crippen molar-refractivity contribution in [1.82, 2.24) is 5.32 Å². The lowest BCUT2D eigenvalue weighted by molar-refractivity contribution is -0.143. The number of methoxy groups -OCH3 is 1. The van der Waals surface area contributed by atoms with Crippen LogP contribution < -0.4 is 10.6 Å². The predicted octanol–water partition coefficient (Wildman–Crippen LogP) is 1.64. The second-order valence-corrected chi connectivity index (χ2v) is 5.87. The van der Waals surface area contributed by atoms with Gasteiger partial charge >= 0.3 is 11.9 Å². The number of esters is 1. The number of ether oxygens (including phenoxy) is 1. The van der Waals surface area contributed by atoms with Crippen LogP contribution in [0.4, 0.5) is 5.69 Å². The highest BCUT2D eigenvalue weighted by Gasteiger charge is 2.25. The van der Waals surface area contributed by atoms with Gasteiger partial charge in [-0.1, -0.05) is 0 Å². The van der Waals surface area contributed by atoms with Crippen molar-refractivity contribution in [3.8, 4) is 0 Å². The number of anilines is 1. The summed E-state index contributed by atoms with van der Waals surface area (Å²) in [5.74, 6) is -1.78. The van der Waals surface area contributed by atoms with Gasteiger partial charge in [-0.3, -0.25) is 14.4 Å². The molecule has 1 saturated carbocycles. The molecule has 0 spiro atoms. The average Bonchev–Trinajstić information content (AvgIpc) is 2.60. The Hall–Kier alpha value is -2.57. The van der Waals surface area contributed by atoms with Crippen LogP contribution in [0.15, 0.2) is 24.3 Å². The Balaban J connectivity index is 1.83. The van der Waals surface area contributed by atoms with Gasteiger partial charge in [0.2, 0.25) is 0 Å². The number of rotatable bonds is 6. The fraction of sp³-hybridized carbons (Fsp3) is 0.471. The maximum atomic E-state index is 11.9. The Labute approximate surface area is 140 Å². The van der Waals surface area contributed by atoms with E-state index in [4.69, 9.17) is 5.11 Å². The van der Waals surface area contributed by atoms with Crippen molar-refractivity contribution in [2.45, 2.75) is 31.7 Å². The lowest BCUT2D eigenvalue weighted by Gasteiger charge is -2.27. The highest BCUT2D eigenvalue weighted by atomic mass is 16.5. The molecule has 0 unspecified atom stereocenters. The van der Waals surface area contributed by atoms with Crippen LogP contribution in [0.3, 0.4) is 0 Å². The zero-order valence-electron chi connectivity index (χ0n) is 13.6. The fourth-order valence-electron chi connectivity index (χ4n) is 2.76. The highest BCUT2D eigenvalue weighted by molar-refractivity contribution is 5.96. The van der Waals surface area contributed by atoms with Gasteiger partial charge in [-0.25, -0.2) is 0 Å². The number of amides is 1. The van der Waals surface area contributed by atoms with Gasteiger partial charge < -0.3 is 20.5 Å². The summed E-state index contributed by atoms with van der Waals surface area (Å²) in [6, 6.07) is 7.21. The standard InChI is InChI=1S/C17H22N2O5/c1-24-15(20)10-18-16(21)11-2-6-13(7-3-11)19-14-8-4-12(5-9-14)17(22)23/h2-3,6-7,12,14,19H,4-5,8-10H2,1H3,(H,18,21)(H,22,23). The van der Waals surface area contributed by atoms with Crippen LogP contribution in [0.2, 0.25) is 0 Å². The van der Waals surface area contributed by atoms with Crippen LogP contribution in [-0.4, -0.2) is 42.6 Å². The number of carbonyl (C=O) groups is 3. The molecule has 3 N–H and O–H groups in total. The highest BCUT2D eigenvalue weighted by Crippen LogP contribution is 2.26. The minimum absolute atomic E-state index is 0.165. The molecule has 0 aromatic heterocycles. The summed E-state index contributed by atoms with van der Waals surface area (Å²) in [7, 11) is 1.26. The molecule has 7 nitrogen and oxygen atoms in total. The van der Waals surface area contributed by atoms with E-state index in [-0.39, 0.29) is 24.4 Å². The monoisotopic (exact) mass is 334 g/mol. The lowest BCUT2D eigenvalue weighted by atomic mass is 9.86. The Morgan fingerprint density at radius 1 is 1.12 bits per heavy atom. The van der Waals surface area contributed by atoms with E-state index in [2.05, 4.69) is 15.4 Å². The van der Waals surface area contributed by atoms with Crippen molar-refractivity contribution >= 4 is 23.5 Å². The number of hydrogen-bond donors (Lipinski definition) is 3. The van der Waals surface area contributed by atoms with Crippen LogP contribution in [-0.2, 0) is 14.3 Å². The summed E-state index contributed by atoms with van der Waals surface area (Å²) in [5.41, 5.74) is 1.34. The minimum atomic E-state index is -0.712. The summed E-state index contributed by atoms with van der Waals surface area (Å²) < 4.78 is 4.46. The summed E-state index contributed by atoms with van der Waals surface area (Å²) in [4.78, 5) is 33.8. The molecule has 1 aliphatic rings.